The van der Waals surface area contributed by atoms with Crippen molar-refractivity contribution in [3.05, 3.63) is 29.8 Å². The van der Waals surface area contributed by atoms with E-state index in [2.05, 4.69) is 0 Å². The monoisotopic (exact) mass is 412 g/mol. The Morgan fingerprint density at radius 2 is 1.66 bits per heavy atom. The molecule has 2 rings (SSSR count). The molecule has 1 aromatic rings. The van der Waals surface area contributed by atoms with Crippen LogP contribution in [0.15, 0.2) is 24.3 Å². The van der Waals surface area contributed by atoms with Crippen LogP contribution in [0.1, 0.15) is 76.1 Å². The fraction of sp³-hybridized carbons (Fsp3) is 0.636. The second-order valence-electron chi connectivity index (χ2n) is 7.94. The molecule has 7 heteroatoms. The van der Waals surface area contributed by atoms with Crippen LogP contribution in [-0.2, 0) is 9.53 Å². The number of benzene rings is 1. The van der Waals surface area contributed by atoms with Crippen LogP contribution in [-0.4, -0.2) is 34.7 Å². The molecule has 1 atom stereocenters. The predicted molar refractivity (Wildman–Crippen MR) is 104 cm³/mol. The molecule has 1 N–H and O–H groups in total. The molecule has 1 aromatic carbocycles. The zero-order chi connectivity index (χ0) is 21.7. The fourth-order valence-electron chi connectivity index (χ4n) is 3.55. The molecule has 0 radical (unpaired) electrons. The quantitative estimate of drug-likeness (QED) is 0.545. The van der Waals surface area contributed by atoms with Crippen molar-refractivity contribution < 1.29 is 33.0 Å². The largest absolute Gasteiger partial charge is 0.488 e. The van der Waals surface area contributed by atoms with Gasteiger partial charge in [0.15, 0.2) is 6.10 Å². The van der Waals surface area contributed by atoms with Gasteiger partial charge in [-0.15, -0.1) is 0 Å². The Balaban J connectivity index is 2.15. The molecule has 5 nitrogen and oxygen atoms in total. The topological polar surface area (TPSA) is 72.8 Å². The van der Waals surface area contributed by atoms with E-state index >= 15 is 0 Å². The third kappa shape index (κ3) is 5.67. The highest BCUT2D eigenvalue weighted by molar-refractivity contribution is 5.90. The lowest BCUT2D eigenvalue weighted by molar-refractivity contribution is -0.189. The maximum atomic E-state index is 14.3. The molecule has 0 bridgehead atoms. The number of alkyl halides is 2. The summed E-state index contributed by atoms with van der Waals surface area (Å²) in [5, 5.41) is 8.96. The van der Waals surface area contributed by atoms with E-state index < -0.39 is 29.9 Å². The lowest BCUT2D eigenvalue weighted by Gasteiger charge is -2.33. The highest BCUT2D eigenvalue weighted by Crippen LogP contribution is 2.36. The number of halogens is 2. The van der Waals surface area contributed by atoms with Crippen molar-refractivity contribution in [2.75, 3.05) is 0 Å². The Morgan fingerprint density at radius 3 is 2.14 bits per heavy atom. The number of esters is 1. The van der Waals surface area contributed by atoms with E-state index in [4.69, 9.17) is 14.6 Å². The molecule has 0 saturated heterocycles. The number of carbonyl (C=O) groups excluding carboxylic acids is 1. The number of ether oxygens (including phenoxy) is 2. The van der Waals surface area contributed by atoms with E-state index in [0.29, 0.717) is 31.4 Å². The Kier molecular flexibility index (Phi) is 7.60. The van der Waals surface area contributed by atoms with Gasteiger partial charge in [-0.05, 0) is 56.9 Å². The Morgan fingerprint density at radius 1 is 1.10 bits per heavy atom. The minimum absolute atomic E-state index is 0.0778. The molecule has 1 unspecified atom stereocenters. The minimum Gasteiger partial charge on any atom is -0.488 e. The smallest absolute Gasteiger partial charge is 0.378 e. The van der Waals surface area contributed by atoms with E-state index in [-0.39, 0.29) is 11.2 Å². The lowest BCUT2D eigenvalue weighted by Crippen LogP contribution is -2.48. The van der Waals surface area contributed by atoms with Crippen LogP contribution in [0.2, 0.25) is 0 Å². The van der Waals surface area contributed by atoms with Crippen molar-refractivity contribution >= 4 is 11.9 Å². The Labute approximate surface area is 170 Å². The van der Waals surface area contributed by atoms with Crippen molar-refractivity contribution in [2.24, 2.45) is 5.92 Å². The van der Waals surface area contributed by atoms with Crippen molar-refractivity contribution in [3.63, 3.8) is 0 Å². The van der Waals surface area contributed by atoms with E-state index in [1.54, 1.807) is 12.1 Å². The number of aliphatic carboxylic acids is 1. The first-order valence-electron chi connectivity index (χ1n) is 10.2. The molecular weight excluding hydrogens is 382 g/mol. The number of hydrogen-bond acceptors (Lipinski definition) is 4. The average molecular weight is 412 g/mol. The van der Waals surface area contributed by atoms with Crippen LogP contribution < -0.4 is 4.74 Å². The highest BCUT2D eigenvalue weighted by Gasteiger charge is 2.53. The van der Waals surface area contributed by atoms with E-state index in [9.17, 15) is 18.4 Å². The van der Waals surface area contributed by atoms with Gasteiger partial charge in [0.1, 0.15) is 11.4 Å². The van der Waals surface area contributed by atoms with Gasteiger partial charge in [0.2, 0.25) is 0 Å². The third-order valence-corrected chi connectivity index (χ3v) is 5.90. The maximum absolute atomic E-state index is 14.3. The first kappa shape index (κ1) is 23.1. The molecule has 0 spiro atoms. The Bertz CT molecular complexity index is 692. The van der Waals surface area contributed by atoms with Crippen LogP contribution in [0, 0.1) is 5.92 Å². The average Bonchev–Trinajstić information content (AvgIpc) is 2.72. The van der Waals surface area contributed by atoms with Crippen molar-refractivity contribution in [1.29, 1.82) is 0 Å². The summed E-state index contributed by atoms with van der Waals surface area (Å²) in [6, 6.07) is 6.07. The molecule has 1 aliphatic rings. The zero-order valence-corrected chi connectivity index (χ0v) is 17.2. The summed E-state index contributed by atoms with van der Waals surface area (Å²) in [5.74, 6) is -7.47. The molecule has 29 heavy (non-hydrogen) atoms. The van der Waals surface area contributed by atoms with Crippen molar-refractivity contribution in [3.8, 4) is 5.75 Å². The van der Waals surface area contributed by atoms with Gasteiger partial charge in [-0.2, -0.15) is 8.78 Å². The molecule has 0 aliphatic heterocycles. The van der Waals surface area contributed by atoms with Crippen LogP contribution in [0.5, 0.6) is 5.75 Å². The minimum atomic E-state index is -4.13. The van der Waals surface area contributed by atoms with E-state index in [1.807, 2.05) is 20.8 Å². The number of carbonyl (C=O) groups is 2. The van der Waals surface area contributed by atoms with Crippen LogP contribution in [0.4, 0.5) is 8.78 Å². The summed E-state index contributed by atoms with van der Waals surface area (Å²) in [4.78, 5) is 23.6. The fourth-order valence-corrected chi connectivity index (χ4v) is 3.55. The van der Waals surface area contributed by atoms with Gasteiger partial charge >= 0.3 is 17.9 Å². The summed E-state index contributed by atoms with van der Waals surface area (Å²) < 4.78 is 39.6. The summed E-state index contributed by atoms with van der Waals surface area (Å²) in [6.07, 6.45) is 2.81. The summed E-state index contributed by atoms with van der Waals surface area (Å²) in [5.41, 5.74) is -0.258. The number of carboxylic acids is 1. The molecule has 162 valence electrons. The van der Waals surface area contributed by atoms with Crippen LogP contribution in [0.3, 0.4) is 0 Å². The van der Waals surface area contributed by atoms with Crippen LogP contribution >= 0.6 is 0 Å². The standard InChI is InChI=1S/C22H30F2O5/c1-4-21(3,5-2)29-17-13-11-16(12-14-17)19(25)28-18(22(23,24)20(26)27)15-9-7-6-8-10-15/h11-15,18H,4-10H2,1-3H3,(H,26,27). The summed E-state index contributed by atoms with van der Waals surface area (Å²) >= 11 is 0. The van der Waals surface area contributed by atoms with Gasteiger partial charge in [0.25, 0.3) is 0 Å². The first-order valence-corrected chi connectivity index (χ1v) is 10.2. The lowest BCUT2D eigenvalue weighted by atomic mass is 9.83. The van der Waals surface area contributed by atoms with Gasteiger partial charge in [0.05, 0.1) is 5.56 Å². The van der Waals surface area contributed by atoms with Gasteiger partial charge < -0.3 is 14.6 Å². The number of hydrogen-bond donors (Lipinski definition) is 1. The highest BCUT2D eigenvalue weighted by atomic mass is 19.3. The normalized spacial score (nSPS) is 16.9. The van der Waals surface area contributed by atoms with Gasteiger partial charge in [-0.1, -0.05) is 33.1 Å². The number of carboxylic acid groups (broad SMARTS) is 1. The molecule has 0 amide bonds. The van der Waals surface area contributed by atoms with E-state index in [1.165, 1.54) is 12.1 Å². The molecule has 1 aliphatic carbocycles. The van der Waals surface area contributed by atoms with Gasteiger partial charge in [-0.3, -0.25) is 0 Å². The third-order valence-electron chi connectivity index (χ3n) is 5.90. The van der Waals surface area contributed by atoms with Gasteiger partial charge in [0, 0.05) is 5.92 Å². The first-order chi connectivity index (χ1) is 13.6. The summed E-state index contributed by atoms with van der Waals surface area (Å²) in [7, 11) is 0. The second-order valence-corrected chi connectivity index (χ2v) is 7.94. The molecule has 0 heterocycles. The molecule has 1 saturated carbocycles. The zero-order valence-electron chi connectivity index (χ0n) is 17.2. The van der Waals surface area contributed by atoms with Gasteiger partial charge in [-0.25, -0.2) is 9.59 Å². The SMILES string of the molecule is CCC(C)(CC)Oc1ccc(C(=O)OC(C2CCCCC2)C(F)(F)C(=O)O)cc1. The Hall–Kier alpha value is -2.18. The second kappa shape index (κ2) is 9.55. The molecular formula is C22H30F2O5. The number of rotatable bonds is 9. The summed E-state index contributed by atoms with van der Waals surface area (Å²) in [6.45, 7) is 6.02. The maximum Gasteiger partial charge on any atom is 0.378 e. The predicted octanol–water partition coefficient (Wildman–Crippen LogP) is 5.47. The van der Waals surface area contributed by atoms with Crippen LogP contribution in [0.25, 0.3) is 0 Å². The van der Waals surface area contributed by atoms with Crippen molar-refractivity contribution in [1.82, 2.24) is 0 Å². The van der Waals surface area contributed by atoms with E-state index in [0.717, 1.165) is 19.3 Å². The molecule has 1 fully saturated rings. The van der Waals surface area contributed by atoms with Crippen molar-refractivity contribution in [2.45, 2.75) is 83.3 Å². The molecule has 0 aromatic heterocycles.